The lowest BCUT2D eigenvalue weighted by Crippen LogP contribution is -2.45. The number of benzene rings is 3. The van der Waals surface area contributed by atoms with E-state index in [-0.39, 0.29) is 11.5 Å². The van der Waals surface area contributed by atoms with Crippen molar-refractivity contribution in [1.82, 2.24) is 5.32 Å². The van der Waals surface area contributed by atoms with Gasteiger partial charge in [0, 0.05) is 6.54 Å². The van der Waals surface area contributed by atoms with E-state index in [1.807, 2.05) is 50.2 Å². The summed E-state index contributed by atoms with van der Waals surface area (Å²) < 4.78 is 26.4. The molecule has 3 aromatic carbocycles. The van der Waals surface area contributed by atoms with Crippen LogP contribution in [0.3, 0.4) is 0 Å². The highest BCUT2D eigenvalue weighted by molar-refractivity contribution is 7.92. The average molecular weight is 480 g/mol. The van der Waals surface area contributed by atoms with Gasteiger partial charge in [0.25, 0.3) is 5.91 Å². The number of aryl methyl sites for hydroxylation is 2. The first-order chi connectivity index (χ1) is 16.1. The Kier molecular flexibility index (Phi) is 7.73. The molecule has 1 atom stereocenters. The van der Waals surface area contributed by atoms with Crippen LogP contribution < -0.4 is 14.9 Å². The Morgan fingerprint density at radius 3 is 2.12 bits per heavy atom. The second kappa shape index (κ2) is 10.5. The molecule has 0 unspecified atom stereocenters. The van der Waals surface area contributed by atoms with Crippen molar-refractivity contribution in [3.05, 3.63) is 95.1 Å². The van der Waals surface area contributed by atoms with Crippen LogP contribution in [0.1, 0.15) is 34.0 Å². The van der Waals surface area contributed by atoms with Gasteiger partial charge in [0.1, 0.15) is 6.04 Å². The molecule has 34 heavy (non-hydrogen) atoms. The molecule has 2 N–H and O–H groups in total. The molecule has 0 bridgehead atoms. The van der Waals surface area contributed by atoms with Crippen LogP contribution in [0.25, 0.3) is 0 Å². The summed E-state index contributed by atoms with van der Waals surface area (Å²) in [6.45, 7) is 5.59. The summed E-state index contributed by atoms with van der Waals surface area (Å²) in [4.78, 5) is 26.0. The minimum atomic E-state index is -3.76. The minimum Gasteiger partial charge on any atom is -0.348 e. The molecule has 0 aliphatic rings. The van der Waals surface area contributed by atoms with Crippen LogP contribution in [-0.2, 0) is 21.4 Å². The maximum atomic E-state index is 13.1. The molecule has 0 radical (unpaired) electrons. The molecule has 7 nitrogen and oxygen atoms in total. The molecular formula is C26H29N3O4S. The Morgan fingerprint density at radius 1 is 0.912 bits per heavy atom. The van der Waals surface area contributed by atoms with E-state index < -0.39 is 22.0 Å². The largest absolute Gasteiger partial charge is 0.348 e. The lowest BCUT2D eigenvalue weighted by Gasteiger charge is -2.29. The topological polar surface area (TPSA) is 95.6 Å². The predicted octanol–water partition coefficient (Wildman–Crippen LogP) is 4.03. The summed E-state index contributed by atoms with van der Waals surface area (Å²) in [7, 11) is -3.76. The molecule has 0 saturated heterocycles. The number of nitrogens with one attached hydrogen (secondary N) is 2. The number of anilines is 2. The summed E-state index contributed by atoms with van der Waals surface area (Å²) in [5.41, 5.74) is 3.73. The fourth-order valence-corrected chi connectivity index (χ4v) is 4.95. The number of hydrogen-bond donors (Lipinski definition) is 2. The predicted molar refractivity (Wildman–Crippen MR) is 135 cm³/mol. The smallest absolute Gasteiger partial charge is 0.253 e. The molecule has 0 spiro atoms. The fraction of sp³-hybridized carbons (Fsp3) is 0.231. The Bertz CT molecular complexity index is 1270. The molecular weight excluding hydrogens is 450 g/mol. The van der Waals surface area contributed by atoms with E-state index in [9.17, 15) is 18.0 Å². The molecule has 178 valence electrons. The van der Waals surface area contributed by atoms with Crippen molar-refractivity contribution in [2.75, 3.05) is 15.9 Å². The van der Waals surface area contributed by atoms with E-state index in [2.05, 4.69) is 10.6 Å². The lowest BCUT2D eigenvalue weighted by molar-refractivity contribution is -0.116. The normalized spacial score (nSPS) is 12.0. The monoisotopic (exact) mass is 479 g/mol. The van der Waals surface area contributed by atoms with Crippen LogP contribution >= 0.6 is 0 Å². The minimum absolute atomic E-state index is 0.288. The van der Waals surface area contributed by atoms with Gasteiger partial charge in [-0.25, -0.2) is 8.42 Å². The molecule has 0 fully saturated rings. The number of hydrogen-bond acceptors (Lipinski definition) is 4. The highest BCUT2D eigenvalue weighted by Gasteiger charge is 2.30. The molecule has 0 aliphatic heterocycles. The highest BCUT2D eigenvalue weighted by Crippen LogP contribution is 2.25. The van der Waals surface area contributed by atoms with Crippen molar-refractivity contribution in [1.29, 1.82) is 0 Å². The summed E-state index contributed by atoms with van der Waals surface area (Å²) >= 11 is 0. The fourth-order valence-electron chi connectivity index (χ4n) is 3.79. The maximum Gasteiger partial charge on any atom is 0.253 e. The van der Waals surface area contributed by atoms with E-state index in [4.69, 9.17) is 0 Å². The van der Waals surface area contributed by atoms with Gasteiger partial charge in [-0.3, -0.25) is 13.9 Å². The Labute approximate surface area is 200 Å². The average Bonchev–Trinajstić information content (AvgIpc) is 2.77. The molecule has 0 heterocycles. The SMILES string of the molecule is Cc1cc(C)cc(N([C@@H](C)C(=O)Nc2ccccc2C(=O)NCc2ccccc2)S(C)(=O)=O)c1. The number of para-hydroxylation sites is 1. The van der Waals surface area contributed by atoms with Crippen LogP contribution in [-0.4, -0.2) is 32.5 Å². The van der Waals surface area contributed by atoms with Crippen molar-refractivity contribution in [3.63, 3.8) is 0 Å². The Morgan fingerprint density at radius 2 is 1.50 bits per heavy atom. The van der Waals surface area contributed by atoms with E-state index in [0.717, 1.165) is 27.3 Å². The van der Waals surface area contributed by atoms with Gasteiger partial charge in [-0.2, -0.15) is 0 Å². The zero-order chi connectivity index (χ0) is 24.9. The second-order valence-corrected chi connectivity index (χ2v) is 10.1. The first-order valence-electron chi connectivity index (χ1n) is 10.9. The van der Waals surface area contributed by atoms with Crippen molar-refractivity contribution >= 4 is 33.2 Å². The number of amides is 2. The van der Waals surface area contributed by atoms with E-state index in [1.165, 1.54) is 6.92 Å². The molecule has 0 aliphatic carbocycles. The van der Waals surface area contributed by atoms with E-state index in [1.54, 1.807) is 36.4 Å². The summed E-state index contributed by atoms with van der Waals surface area (Å²) in [5, 5.41) is 5.58. The zero-order valence-corrected chi connectivity index (χ0v) is 20.5. The number of carbonyl (C=O) groups excluding carboxylic acids is 2. The molecule has 0 aromatic heterocycles. The van der Waals surface area contributed by atoms with Crippen molar-refractivity contribution < 1.29 is 18.0 Å². The number of nitrogens with zero attached hydrogens (tertiary/aromatic N) is 1. The Hall–Kier alpha value is -3.65. The van der Waals surface area contributed by atoms with Crippen LogP contribution in [0.2, 0.25) is 0 Å². The van der Waals surface area contributed by atoms with Crippen molar-refractivity contribution in [2.24, 2.45) is 0 Å². The first-order valence-corrected chi connectivity index (χ1v) is 12.7. The molecule has 2 amide bonds. The zero-order valence-electron chi connectivity index (χ0n) is 19.7. The van der Waals surface area contributed by atoms with Gasteiger partial charge in [-0.1, -0.05) is 48.5 Å². The molecule has 0 saturated carbocycles. The number of sulfonamides is 1. The maximum absolute atomic E-state index is 13.1. The van der Waals surface area contributed by atoms with Crippen LogP contribution in [0.15, 0.2) is 72.8 Å². The van der Waals surface area contributed by atoms with Gasteiger partial charge >= 0.3 is 0 Å². The lowest BCUT2D eigenvalue weighted by atomic mass is 10.1. The van der Waals surface area contributed by atoms with Gasteiger partial charge in [0.2, 0.25) is 15.9 Å². The summed E-state index contributed by atoms with van der Waals surface area (Å²) in [5.74, 6) is -0.894. The van der Waals surface area contributed by atoms with E-state index >= 15 is 0 Å². The van der Waals surface area contributed by atoms with Crippen LogP contribution in [0.5, 0.6) is 0 Å². The third-order valence-corrected chi connectivity index (χ3v) is 6.52. The number of rotatable bonds is 8. The van der Waals surface area contributed by atoms with Crippen LogP contribution in [0, 0.1) is 13.8 Å². The first kappa shape index (κ1) is 25.0. The summed E-state index contributed by atoms with van der Waals surface area (Å²) in [6.07, 6.45) is 1.07. The van der Waals surface area contributed by atoms with Gasteiger partial charge in [0.15, 0.2) is 0 Å². The Balaban J connectivity index is 1.82. The van der Waals surface area contributed by atoms with Crippen molar-refractivity contribution in [2.45, 2.75) is 33.4 Å². The van der Waals surface area contributed by atoms with Crippen molar-refractivity contribution in [3.8, 4) is 0 Å². The van der Waals surface area contributed by atoms with Crippen LogP contribution in [0.4, 0.5) is 11.4 Å². The summed E-state index contributed by atoms with van der Waals surface area (Å²) in [6, 6.07) is 20.5. The van der Waals surface area contributed by atoms with E-state index in [0.29, 0.717) is 17.9 Å². The highest BCUT2D eigenvalue weighted by atomic mass is 32.2. The van der Waals surface area contributed by atoms with Gasteiger partial charge in [0.05, 0.1) is 23.2 Å². The van der Waals surface area contributed by atoms with Gasteiger partial charge in [-0.05, 0) is 61.7 Å². The van der Waals surface area contributed by atoms with Gasteiger partial charge in [-0.15, -0.1) is 0 Å². The second-order valence-electron chi connectivity index (χ2n) is 8.28. The molecule has 3 aromatic rings. The molecule has 8 heteroatoms. The van der Waals surface area contributed by atoms with Gasteiger partial charge < -0.3 is 10.6 Å². The third kappa shape index (κ3) is 6.23. The standard InChI is InChI=1S/C26H29N3O4S/c1-18-14-19(2)16-22(15-18)29(34(4,32)33)20(3)25(30)28-24-13-9-8-12-23(24)26(31)27-17-21-10-6-5-7-11-21/h5-16,20H,17H2,1-4H3,(H,27,31)(H,28,30)/t20-/m0/s1. The quantitative estimate of drug-likeness (QED) is 0.510. The molecule has 3 rings (SSSR count). The third-order valence-electron chi connectivity index (χ3n) is 5.27. The number of carbonyl (C=O) groups is 2.